The summed E-state index contributed by atoms with van der Waals surface area (Å²) >= 11 is 0. The molecule has 4 nitrogen and oxygen atoms in total. The lowest BCUT2D eigenvalue weighted by molar-refractivity contribution is 0.439. The molecule has 0 atom stereocenters. The van der Waals surface area contributed by atoms with Crippen LogP contribution in [-0.2, 0) is 6.54 Å². The van der Waals surface area contributed by atoms with E-state index in [2.05, 4.69) is 0 Å². The van der Waals surface area contributed by atoms with E-state index in [0.29, 0.717) is 0 Å². The van der Waals surface area contributed by atoms with Gasteiger partial charge in [0, 0.05) is 12.1 Å². The van der Waals surface area contributed by atoms with Crippen molar-refractivity contribution in [3.05, 3.63) is 27.8 Å². The van der Waals surface area contributed by atoms with Crippen LogP contribution in [0.2, 0.25) is 0 Å². The Labute approximate surface area is 61.5 Å². The third kappa shape index (κ3) is 1.38. The third-order valence-corrected chi connectivity index (χ3v) is 1.27. The normalized spacial score (nSPS) is 10.0. The summed E-state index contributed by atoms with van der Waals surface area (Å²) in [7, 11) is 0. The highest BCUT2D eigenvalue weighted by Gasteiger charge is 2.04. The molecule has 1 rings (SSSR count). The van der Waals surface area contributed by atoms with E-state index in [1.54, 1.807) is 0 Å². The molecule has 0 amide bonds. The smallest absolute Gasteiger partial charge is 0.286 e. The summed E-state index contributed by atoms with van der Waals surface area (Å²) in [5.41, 5.74) is 4.36. The lowest BCUT2D eigenvalue weighted by atomic mass is 10.3. The molecule has 0 radical (unpaired) electrons. The van der Waals surface area contributed by atoms with E-state index in [9.17, 15) is 9.18 Å². The van der Waals surface area contributed by atoms with Gasteiger partial charge < -0.3 is 10.8 Å². The molecular formula is C6H7FN2O2. The summed E-state index contributed by atoms with van der Waals surface area (Å²) in [6.07, 6.45) is 0. The molecular weight excluding hydrogens is 151 g/mol. The minimum Gasteiger partial charge on any atom is -0.494 e. The van der Waals surface area contributed by atoms with Crippen LogP contribution in [0.5, 0.6) is 5.88 Å². The molecule has 11 heavy (non-hydrogen) atoms. The van der Waals surface area contributed by atoms with Crippen molar-refractivity contribution < 1.29 is 9.50 Å². The highest BCUT2D eigenvalue weighted by atomic mass is 19.1. The summed E-state index contributed by atoms with van der Waals surface area (Å²) in [4.78, 5) is 12.4. The van der Waals surface area contributed by atoms with Gasteiger partial charge in [-0.25, -0.2) is 4.39 Å². The van der Waals surface area contributed by atoms with E-state index in [1.165, 1.54) is 0 Å². The molecule has 0 bridgehead atoms. The molecule has 0 aromatic carbocycles. The Balaban J connectivity index is 3.32. The average molecular weight is 158 g/mol. The Bertz CT molecular complexity index is 321. The Morgan fingerprint density at radius 3 is 2.91 bits per heavy atom. The fourth-order valence-electron chi connectivity index (χ4n) is 0.690. The topological polar surface area (TPSA) is 79.1 Å². The molecule has 0 fully saturated rings. The van der Waals surface area contributed by atoms with Crippen LogP contribution in [0.1, 0.15) is 5.56 Å². The summed E-state index contributed by atoms with van der Waals surface area (Å²) in [5, 5.41) is 8.91. The molecule has 0 unspecified atom stereocenters. The van der Waals surface area contributed by atoms with Crippen molar-refractivity contribution in [2.75, 3.05) is 0 Å². The van der Waals surface area contributed by atoms with Crippen LogP contribution in [0.25, 0.3) is 0 Å². The molecule has 5 heteroatoms. The molecule has 0 aliphatic rings. The van der Waals surface area contributed by atoms with Crippen molar-refractivity contribution in [2.45, 2.75) is 6.54 Å². The van der Waals surface area contributed by atoms with Gasteiger partial charge >= 0.3 is 0 Å². The maximum atomic E-state index is 12.4. The van der Waals surface area contributed by atoms with E-state index < -0.39 is 11.4 Å². The van der Waals surface area contributed by atoms with Crippen molar-refractivity contribution in [3.8, 4) is 5.88 Å². The molecule has 1 aromatic rings. The molecule has 1 heterocycles. The first-order chi connectivity index (χ1) is 5.15. The first-order valence-electron chi connectivity index (χ1n) is 2.96. The number of aromatic amines is 1. The number of aromatic hydroxyl groups is 1. The van der Waals surface area contributed by atoms with Crippen molar-refractivity contribution in [3.63, 3.8) is 0 Å². The maximum absolute atomic E-state index is 12.4. The van der Waals surface area contributed by atoms with Gasteiger partial charge in [0.1, 0.15) is 0 Å². The van der Waals surface area contributed by atoms with E-state index in [0.717, 1.165) is 6.07 Å². The van der Waals surface area contributed by atoms with E-state index >= 15 is 0 Å². The van der Waals surface area contributed by atoms with Crippen LogP contribution < -0.4 is 11.3 Å². The van der Waals surface area contributed by atoms with Crippen LogP contribution in [0.4, 0.5) is 4.39 Å². The number of aromatic nitrogens is 1. The van der Waals surface area contributed by atoms with Gasteiger partial charge in [0.25, 0.3) is 5.56 Å². The number of rotatable bonds is 1. The van der Waals surface area contributed by atoms with Gasteiger partial charge in [0.2, 0.25) is 0 Å². The van der Waals surface area contributed by atoms with E-state index in [-0.39, 0.29) is 18.0 Å². The summed E-state index contributed by atoms with van der Waals surface area (Å²) < 4.78 is 12.4. The van der Waals surface area contributed by atoms with Gasteiger partial charge in [-0.1, -0.05) is 0 Å². The van der Waals surface area contributed by atoms with Crippen LogP contribution in [-0.4, -0.2) is 10.1 Å². The molecule has 0 saturated heterocycles. The standard InChI is InChI=1S/C6H7FN2O2/c7-4-1-3(2-8)5(10)9-6(4)11/h1H,2,8H2,(H2,9,10,11). The molecule has 0 aliphatic heterocycles. The van der Waals surface area contributed by atoms with Crippen LogP contribution in [0.15, 0.2) is 10.9 Å². The minimum atomic E-state index is -0.945. The number of halogens is 1. The van der Waals surface area contributed by atoms with Crippen molar-refractivity contribution in [1.82, 2.24) is 4.98 Å². The Hall–Kier alpha value is -1.36. The number of hydrogen-bond acceptors (Lipinski definition) is 3. The van der Waals surface area contributed by atoms with Crippen molar-refractivity contribution >= 4 is 0 Å². The van der Waals surface area contributed by atoms with E-state index in [4.69, 9.17) is 10.8 Å². The zero-order valence-electron chi connectivity index (χ0n) is 5.60. The highest BCUT2D eigenvalue weighted by molar-refractivity contribution is 5.24. The molecule has 60 valence electrons. The number of H-pyrrole nitrogens is 1. The minimum absolute atomic E-state index is 0.0144. The van der Waals surface area contributed by atoms with Gasteiger partial charge in [-0.05, 0) is 6.07 Å². The second-order valence-corrected chi connectivity index (χ2v) is 2.02. The zero-order valence-corrected chi connectivity index (χ0v) is 5.60. The first kappa shape index (κ1) is 7.74. The SMILES string of the molecule is NCc1cc(F)c(=O)[nH]c1O. The van der Waals surface area contributed by atoms with Crippen molar-refractivity contribution in [1.29, 1.82) is 0 Å². The lowest BCUT2D eigenvalue weighted by Gasteiger charge is -1.98. The number of nitrogens with one attached hydrogen (secondary N) is 1. The third-order valence-electron chi connectivity index (χ3n) is 1.27. The predicted octanol–water partition coefficient (Wildman–Crippen LogP) is -0.322. The number of hydrogen-bond donors (Lipinski definition) is 3. The largest absolute Gasteiger partial charge is 0.494 e. The van der Waals surface area contributed by atoms with Gasteiger partial charge in [-0.2, -0.15) is 0 Å². The fraction of sp³-hybridized carbons (Fsp3) is 0.167. The average Bonchev–Trinajstić information content (AvgIpc) is 1.97. The van der Waals surface area contributed by atoms with Crippen LogP contribution in [0, 0.1) is 5.82 Å². The maximum Gasteiger partial charge on any atom is 0.286 e. The summed E-state index contributed by atoms with van der Waals surface area (Å²) in [5.74, 6) is -1.32. The van der Waals surface area contributed by atoms with Gasteiger partial charge in [-0.15, -0.1) is 0 Å². The molecule has 1 aromatic heterocycles. The Morgan fingerprint density at radius 2 is 2.36 bits per heavy atom. The number of pyridine rings is 1. The van der Waals surface area contributed by atoms with Crippen LogP contribution in [0.3, 0.4) is 0 Å². The highest BCUT2D eigenvalue weighted by Crippen LogP contribution is 2.09. The number of nitrogens with two attached hydrogens (primary N) is 1. The van der Waals surface area contributed by atoms with E-state index in [1.807, 2.05) is 4.98 Å². The van der Waals surface area contributed by atoms with Crippen molar-refractivity contribution in [2.24, 2.45) is 5.73 Å². The monoisotopic (exact) mass is 158 g/mol. The zero-order chi connectivity index (χ0) is 8.43. The Morgan fingerprint density at radius 1 is 1.73 bits per heavy atom. The van der Waals surface area contributed by atoms with Crippen LogP contribution >= 0.6 is 0 Å². The fourth-order valence-corrected chi connectivity index (χ4v) is 0.690. The Kier molecular flexibility index (Phi) is 1.91. The summed E-state index contributed by atoms with van der Waals surface area (Å²) in [6.45, 7) is -0.0144. The molecule has 0 spiro atoms. The van der Waals surface area contributed by atoms with Gasteiger partial charge in [0.15, 0.2) is 11.7 Å². The molecule has 0 saturated carbocycles. The summed E-state index contributed by atoms with van der Waals surface area (Å²) in [6, 6.07) is 0.911. The quantitative estimate of drug-likeness (QED) is 0.524. The second-order valence-electron chi connectivity index (χ2n) is 2.02. The first-order valence-corrected chi connectivity index (χ1v) is 2.96. The van der Waals surface area contributed by atoms with Gasteiger partial charge in [-0.3, -0.25) is 9.78 Å². The predicted molar refractivity (Wildman–Crippen MR) is 36.6 cm³/mol. The second kappa shape index (κ2) is 2.71. The van der Waals surface area contributed by atoms with Gasteiger partial charge in [0.05, 0.1) is 0 Å². The molecule has 0 aliphatic carbocycles. The lowest BCUT2D eigenvalue weighted by Crippen LogP contribution is -2.12. The molecule has 4 N–H and O–H groups in total.